The van der Waals surface area contributed by atoms with Gasteiger partial charge in [-0.3, -0.25) is 0 Å². The van der Waals surface area contributed by atoms with E-state index in [0.29, 0.717) is 0 Å². The minimum Gasteiger partial charge on any atom is -0.394 e. The molecular weight excluding hydrogens is 174 g/mol. The summed E-state index contributed by atoms with van der Waals surface area (Å²) in [5, 5.41) is 12.8. The minimum absolute atomic E-state index is 0.0542. The van der Waals surface area contributed by atoms with E-state index in [1.807, 2.05) is 6.07 Å². The highest BCUT2D eigenvalue weighted by molar-refractivity contribution is 5.18. The van der Waals surface area contributed by atoms with E-state index in [9.17, 15) is 5.11 Å². The van der Waals surface area contributed by atoms with Crippen LogP contribution in [0, 0.1) is 0 Å². The van der Waals surface area contributed by atoms with Crippen molar-refractivity contribution in [3.63, 3.8) is 0 Å². The molecule has 0 bridgehead atoms. The van der Waals surface area contributed by atoms with Crippen molar-refractivity contribution < 1.29 is 5.11 Å². The third kappa shape index (κ3) is 1.97. The summed E-state index contributed by atoms with van der Waals surface area (Å²) in [6.45, 7) is 1.27. The summed E-state index contributed by atoms with van der Waals surface area (Å²) in [6, 6.07) is 10.4. The molecule has 1 aromatic carbocycles. The zero-order chi connectivity index (χ0) is 9.86. The molecule has 1 fully saturated rings. The lowest BCUT2D eigenvalue weighted by Crippen LogP contribution is -2.45. The summed E-state index contributed by atoms with van der Waals surface area (Å²) in [5.74, 6) is 0. The number of nitrogens with one attached hydrogen (secondary N) is 1. The van der Waals surface area contributed by atoms with Crippen molar-refractivity contribution in [3.05, 3.63) is 35.9 Å². The molecule has 2 rings (SSSR count). The normalized spacial score (nSPS) is 26.6. The summed E-state index contributed by atoms with van der Waals surface area (Å²) in [6.07, 6.45) is 3.19. The molecule has 1 aliphatic heterocycles. The zero-order valence-electron chi connectivity index (χ0n) is 8.37. The number of benzene rings is 1. The molecule has 0 unspecified atom stereocenters. The van der Waals surface area contributed by atoms with E-state index in [4.69, 9.17) is 0 Å². The van der Waals surface area contributed by atoms with Crippen LogP contribution >= 0.6 is 0 Å². The highest BCUT2D eigenvalue weighted by Crippen LogP contribution is 2.23. The van der Waals surface area contributed by atoms with Crippen LogP contribution in [-0.4, -0.2) is 23.8 Å². The molecule has 1 atom stereocenters. The van der Waals surface area contributed by atoms with E-state index in [1.54, 1.807) is 0 Å². The number of hydrogen-bond donors (Lipinski definition) is 2. The summed E-state index contributed by atoms with van der Waals surface area (Å²) in [4.78, 5) is 0. The number of aliphatic hydroxyl groups excluding tert-OH is 1. The molecular formula is C12H17NO. The predicted molar refractivity (Wildman–Crippen MR) is 57.2 cm³/mol. The molecule has 0 saturated carbocycles. The van der Waals surface area contributed by atoms with Crippen molar-refractivity contribution in [2.75, 3.05) is 13.2 Å². The van der Waals surface area contributed by atoms with Gasteiger partial charge in [0.05, 0.1) is 6.61 Å². The van der Waals surface area contributed by atoms with Gasteiger partial charge in [-0.25, -0.2) is 0 Å². The van der Waals surface area contributed by atoms with Crippen LogP contribution < -0.4 is 5.32 Å². The van der Waals surface area contributed by atoms with Crippen LogP contribution in [0.3, 0.4) is 0 Å². The first-order valence-corrected chi connectivity index (χ1v) is 5.24. The van der Waals surface area contributed by atoms with Gasteiger partial charge >= 0.3 is 0 Å². The Kier molecular flexibility index (Phi) is 2.85. The fraction of sp³-hybridized carbons (Fsp3) is 0.500. The molecule has 1 aliphatic rings. The lowest BCUT2D eigenvalue weighted by Gasteiger charge is -2.27. The maximum Gasteiger partial charge on any atom is 0.0616 e. The lowest BCUT2D eigenvalue weighted by atomic mass is 9.90. The maximum atomic E-state index is 9.42. The van der Waals surface area contributed by atoms with E-state index in [-0.39, 0.29) is 12.1 Å². The highest BCUT2D eigenvalue weighted by atomic mass is 16.3. The number of hydrogen-bond acceptors (Lipinski definition) is 2. The zero-order valence-corrected chi connectivity index (χ0v) is 8.37. The van der Waals surface area contributed by atoms with Crippen LogP contribution in [0.1, 0.15) is 18.4 Å². The average molecular weight is 191 g/mol. The van der Waals surface area contributed by atoms with Crippen LogP contribution in [0.5, 0.6) is 0 Å². The van der Waals surface area contributed by atoms with E-state index in [1.165, 1.54) is 12.0 Å². The Balaban J connectivity index is 2.08. The fourth-order valence-electron chi connectivity index (χ4n) is 2.20. The predicted octanol–water partition coefficient (Wildman–Crippen LogP) is 1.34. The molecule has 0 amide bonds. The molecule has 76 valence electrons. The van der Waals surface area contributed by atoms with Crippen LogP contribution in [-0.2, 0) is 6.42 Å². The van der Waals surface area contributed by atoms with Crippen LogP contribution in [0.15, 0.2) is 30.3 Å². The van der Waals surface area contributed by atoms with Crippen molar-refractivity contribution in [3.8, 4) is 0 Å². The highest BCUT2D eigenvalue weighted by Gasteiger charge is 2.32. The maximum absolute atomic E-state index is 9.42. The van der Waals surface area contributed by atoms with Crippen molar-refractivity contribution in [1.29, 1.82) is 0 Å². The Bertz CT molecular complexity index is 278. The third-order valence-corrected chi connectivity index (χ3v) is 3.02. The Hall–Kier alpha value is -0.860. The second-order valence-electron chi connectivity index (χ2n) is 4.13. The van der Waals surface area contributed by atoms with Gasteiger partial charge in [0.25, 0.3) is 0 Å². The molecule has 1 aromatic rings. The van der Waals surface area contributed by atoms with Gasteiger partial charge in [0.2, 0.25) is 0 Å². The van der Waals surface area contributed by atoms with E-state index in [2.05, 4.69) is 29.6 Å². The fourth-order valence-corrected chi connectivity index (χ4v) is 2.20. The monoisotopic (exact) mass is 191 g/mol. The van der Waals surface area contributed by atoms with E-state index in [0.717, 1.165) is 19.4 Å². The first-order chi connectivity index (χ1) is 6.85. The molecule has 0 radical (unpaired) electrons. The first-order valence-electron chi connectivity index (χ1n) is 5.24. The molecule has 14 heavy (non-hydrogen) atoms. The topological polar surface area (TPSA) is 32.3 Å². The van der Waals surface area contributed by atoms with Gasteiger partial charge < -0.3 is 10.4 Å². The second kappa shape index (κ2) is 4.11. The summed E-state index contributed by atoms with van der Waals surface area (Å²) < 4.78 is 0. The molecule has 2 nitrogen and oxygen atoms in total. The largest absolute Gasteiger partial charge is 0.394 e. The number of aliphatic hydroxyl groups is 1. The second-order valence-corrected chi connectivity index (χ2v) is 4.13. The van der Waals surface area contributed by atoms with Gasteiger partial charge in [-0.05, 0) is 31.4 Å². The lowest BCUT2D eigenvalue weighted by molar-refractivity contribution is 0.177. The van der Waals surface area contributed by atoms with Crippen molar-refractivity contribution in [1.82, 2.24) is 5.32 Å². The average Bonchev–Trinajstić information content (AvgIpc) is 2.69. The summed E-state index contributed by atoms with van der Waals surface area (Å²) in [5.41, 5.74) is 1.25. The Labute approximate surface area is 85.0 Å². The van der Waals surface area contributed by atoms with Crippen LogP contribution in [0.25, 0.3) is 0 Å². The molecule has 1 saturated heterocycles. The minimum atomic E-state index is -0.0542. The van der Waals surface area contributed by atoms with Crippen LogP contribution in [0.2, 0.25) is 0 Å². The van der Waals surface area contributed by atoms with Crippen molar-refractivity contribution in [2.24, 2.45) is 0 Å². The molecule has 1 heterocycles. The molecule has 2 heteroatoms. The van der Waals surface area contributed by atoms with Gasteiger partial charge in [0.1, 0.15) is 0 Å². The molecule has 2 N–H and O–H groups in total. The summed E-state index contributed by atoms with van der Waals surface area (Å²) >= 11 is 0. The van der Waals surface area contributed by atoms with E-state index < -0.39 is 0 Å². The van der Waals surface area contributed by atoms with Gasteiger partial charge in [-0.1, -0.05) is 30.3 Å². The number of rotatable bonds is 3. The van der Waals surface area contributed by atoms with Crippen LogP contribution in [0.4, 0.5) is 0 Å². The molecule has 0 spiro atoms. The van der Waals surface area contributed by atoms with Gasteiger partial charge in [-0.2, -0.15) is 0 Å². The quantitative estimate of drug-likeness (QED) is 0.755. The Morgan fingerprint density at radius 1 is 1.29 bits per heavy atom. The smallest absolute Gasteiger partial charge is 0.0616 e. The molecule has 0 aromatic heterocycles. The van der Waals surface area contributed by atoms with Crippen molar-refractivity contribution >= 4 is 0 Å². The summed E-state index contributed by atoms with van der Waals surface area (Å²) in [7, 11) is 0. The van der Waals surface area contributed by atoms with Gasteiger partial charge in [0.15, 0.2) is 0 Å². The van der Waals surface area contributed by atoms with Crippen molar-refractivity contribution in [2.45, 2.75) is 24.8 Å². The standard InChI is InChI=1S/C12H17NO/c14-10-12(7-4-8-13-12)9-11-5-2-1-3-6-11/h1-3,5-6,13-14H,4,7-10H2/t12-/m1/s1. The van der Waals surface area contributed by atoms with E-state index >= 15 is 0 Å². The Morgan fingerprint density at radius 2 is 2.07 bits per heavy atom. The Morgan fingerprint density at radius 3 is 2.64 bits per heavy atom. The first kappa shape index (κ1) is 9.69. The van der Waals surface area contributed by atoms with Gasteiger partial charge in [-0.15, -0.1) is 0 Å². The SMILES string of the molecule is OC[C@]1(Cc2ccccc2)CCCN1. The van der Waals surface area contributed by atoms with Gasteiger partial charge in [0, 0.05) is 5.54 Å². The third-order valence-electron chi connectivity index (χ3n) is 3.02. The molecule has 0 aliphatic carbocycles.